The maximum absolute atomic E-state index is 12.9. The first-order valence-electron chi connectivity index (χ1n) is 8.34. The summed E-state index contributed by atoms with van der Waals surface area (Å²) in [7, 11) is 3.19. The number of hydrogen-bond acceptors (Lipinski definition) is 5. The molecule has 0 radical (unpaired) electrons. The normalized spacial score (nSPS) is 16.7. The van der Waals surface area contributed by atoms with Crippen LogP contribution in [0.3, 0.4) is 0 Å². The lowest BCUT2D eigenvalue weighted by molar-refractivity contribution is -0.125. The van der Waals surface area contributed by atoms with Crippen molar-refractivity contribution in [1.82, 2.24) is 4.90 Å². The van der Waals surface area contributed by atoms with Crippen LogP contribution in [-0.4, -0.2) is 34.9 Å². The Morgan fingerprint density at radius 1 is 1.24 bits per heavy atom. The van der Waals surface area contributed by atoms with E-state index in [0.29, 0.717) is 20.7 Å². The highest BCUT2D eigenvalue weighted by molar-refractivity contribution is 8.26. The molecule has 0 saturated carbocycles. The van der Waals surface area contributed by atoms with Crippen molar-refractivity contribution >= 4 is 40.3 Å². The second-order valence-corrected chi connectivity index (χ2v) is 8.22. The number of ether oxygens (including phenoxy) is 2. The summed E-state index contributed by atoms with van der Waals surface area (Å²) in [6.45, 7) is 6.30. The van der Waals surface area contributed by atoms with Gasteiger partial charge in [0.05, 0.1) is 19.1 Å². The zero-order valence-electron chi connectivity index (χ0n) is 15.4. The SMILES string of the molecule is CCCCC(C)(C)N1C(=O)/C(=C/c2ccc(OC)c(OC)c2)SC1=S. The number of amides is 1. The molecule has 1 aliphatic rings. The van der Waals surface area contributed by atoms with Crippen LogP contribution in [0.25, 0.3) is 6.08 Å². The van der Waals surface area contributed by atoms with Gasteiger partial charge in [0.25, 0.3) is 5.91 Å². The number of hydrogen-bond donors (Lipinski definition) is 0. The third-order valence-electron chi connectivity index (χ3n) is 4.25. The van der Waals surface area contributed by atoms with Gasteiger partial charge in [0.2, 0.25) is 0 Å². The van der Waals surface area contributed by atoms with E-state index in [2.05, 4.69) is 20.8 Å². The van der Waals surface area contributed by atoms with Crippen molar-refractivity contribution < 1.29 is 14.3 Å². The minimum atomic E-state index is -0.273. The van der Waals surface area contributed by atoms with E-state index in [4.69, 9.17) is 21.7 Å². The molecule has 1 aliphatic heterocycles. The second kappa shape index (κ2) is 8.23. The number of thioether (sulfide) groups is 1. The van der Waals surface area contributed by atoms with E-state index in [-0.39, 0.29) is 11.4 Å². The largest absolute Gasteiger partial charge is 0.493 e. The molecule has 0 aliphatic carbocycles. The van der Waals surface area contributed by atoms with Crippen LogP contribution in [-0.2, 0) is 4.79 Å². The van der Waals surface area contributed by atoms with Gasteiger partial charge >= 0.3 is 0 Å². The number of thiocarbonyl (C=S) groups is 1. The molecule has 2 rings (SSSR count). The lowest BCUT2D eigenvalue weighted by atomic mass is 9.95. The third kappa shape index (κ3) is 4.36. The van der Waals surface area contributed by atoms with Crippen molar-refractivity contribution in [3.63, 3.8) is 0 Å². The molecule has 1 saturated heterocycles. The molecule has 0 bridgehead atoms. The summed E-state index contributed by atoms with van der Waals surface area (Å²) >= 11 is 6.84. The topological polar surface area (TPSA) is 38.8 Å². The van der Waals surface area contributed by atoms with Crippen LogP contribution in [0.2, 0.25) is 0 Å². The maximum atomic E-state index is 12.9. The molecule has 0 unspecified atom stereocenters. The zero-order chi connectivity index (χ0) is 18.6. The Kier molecular flexibility index (Phi) is 6.52. The van der Waals surface area contributed by atoms with E-state index in [1.165, 1.54) is 11.8 Å². The third-order valence-corrected chi connectivity index (χ3v) is 5.55. The Morgan fingerprint density at radius 3 is 2.52 bits per heavy atom. The highest BCUT2D eigenvalue weighted by Crippen LogP contribution is 2.39. The van der Waals surface area contributed by atoms with E-state index in [1.54, 1.807) is 19.1 Å². The summed E-state index contributed by atoms with van der Waals surface area (Å²) in [6.07, 6.45) is 4.95. The molecule has 0 spiro atoms. The van der Waals surface area contributed by atoms with Gasteiger partial charge in [-0.2, -0.15) is 0 Å². The lowest BCUT2D eigenvalue weighted by Gasteiger charge is -2.34. The maximum Gasteiger partial charge on any atom is 0.266 e. The quantitative estimate of drug-likeness (QED) is 0.499. The van der Waals surface area contributed by atoms with Crippen LogP contribution >= 0.6 is 24.0 Å². The van der Waals surface area contributed by atoms with Crippen LogP contribution in [0.15, 0.2) is 23.1 Å². The Hall–Kier alpha value is -1.53. The van der Waals surface area contributed by atoms with Gasteiger partial charge in [-0.1, -0.05) is 49.8 Å². The van der Waals surface area contributed by atoms with Gasteiger partial charge in [-0.3, -0.25) is 9.69 Å². The molecule has 25 heavy (non-hydrogen) atoms. The summed E-state index contributed by atoms with van der Waals surface area (Å²) in [6, 6.07) is 5.58. The fourth-order valence-corrected chi connectivity index (χ4v) is 4.39. The van der Waals surface area contributed by atoms with Gasteiger partial charge in [-0.15, -0.1) is 0 Å². The summed E-state index contributed by atoms with van der Waals surface area (Å²) in [5.41, 5.74) is 0.606. The van der Waals surface area contributed by atoms with Crippen molar-refractivity contribution in [2.45, 2.75) is 45.6 Å². The fraction of sp³-hybridized carbons (Fsp3) is 0.474. The minimum absolute atomic E-state index is 0.0223. The highest BCUT2D eigenvalue weighted by Gasteiger charge is 2.41. The van der Waals surface area contributed by atoms with Crippen molar-refractivity contribution in [2.24, 2.45) is 0 Å². The van der Waals surface area contributed by atoms with Crippen LogP contribution in [0.1, 0.15) is 45.6 Å². The molecule has 1 heterocycles. The number of benzene rings is 1. The standard InChI is InChI=1S/C19H25NO3S2/c1-6-7-10-19(2,3)20-17(21)16(25-18(20)24)12-13-8-9-14(22-4)15(11-13)23-5/h8-9,11-12H,6-7,10H2,1-5H3/b16-12-. The predicted octanol–water partition coefficient (Wildman–Crippen LogP) is 4.87. The molecule has 0 N–H and O–H groups in total. The molecular weight excluding hydrogens is 354 g/mol. The molecule has 6 heteroatoms. The number of carbonyl (C=O) groups is 1. The average Bonchev–Trinajstić information content (AvgIpc) is 2.87. The average molecular weight is 380 g/mol. The second-order valence-electron chi connectivity index (χ2n) is 6.55. The molecular formula is C19H25NO3S2. The Bertz CT molecular complexity index is 698. The van der Waals surface area contributed by atoms with Gasteiger partial charge < -0.3 is 9.47 Å². The van der Waals surface area contributed by atoms with Gasteiger partial charge in [-0.25, -0.2) is 0 Å². The van der Waals surface area contributed by atoms with Gasteiger partial charge in [-0.05, 0) is 44.0 Å². The van der Waals surface area contributed by atoms with Crippen LogP contribution < -0.4 is 9.47 Å². The van der Waals surface area contributed by atoms with E-state index in [0.717, 1.165) is 24.8 Å². The molecule has 1 aromatic rings. The summed E-state index contributed by atoms with van der Waals surface area (Å²) < 4.78 is 11.2. The molecule has 4 nitrogen and oxygen atoms in total. The van der Waals surface area contributed by atoms with E-state index in [9.17, 15) is 4.79 Å². The first-order chi connectivity index (χ1) is 11.8. The first kappa shape index (κ1) is 19.8. The van der Waals surface area contributed by atoms with Crippen molar-refractivity contribution in [3.8, 4) is 11.5 Å². The van der Waals surface area contributed by atoms with Crippen LogP contribution in [0.4, 0.5) is 0 Å². The van der Waals surface area contributed by atoms with E-state index < -0.39 is 0 Å². The Labute approximate surface area is 159 Å². The molecule has 136 valence electrons. The van der Waals surface area contributed by atoms with Crippen LogP contribution in [0.5, 0.6) is 11.5 Å². The molecule has 1 aromatic carbocycles. The van der Waals surface area contributed by atoms with Crippen LogP contribution in [0, 0.1) is 0 Å². The predicted molar refractivity (Wildman–Crippen MR) is 108 cm³/mol. The highest BCUT2D eigenvalue weighted by atomic mass is 32.2. The van der Waals surface area contributed by atoms with E-state index in [1.807, 2.05) is 24.3 Å². The number of rotatable bonds is 7. The first-order valence-corrected chi connectivity index (χ1v) is 9.56. The Morgan fingerprint density at radius 2 is 1.92 bits per heavy atom. The van der Waals surface area contributed by atoms with Crippen molar-refractivity contribution in [1.29, 1.82) is 0 Å². The Balaban J connectivity index is 2.28. The van der Waals surface area contributed by atoms with E-state index >= 15 is 0 Å². The smallest absolute Gasteiger partial charge is 0.266 e. The summed E-state index contributed by atoms with van der Waals surface area (Å²) in [5.74, 6) is 1.27. The minimum Gasteiger partial charge on any atom is -0.493 e. The fourth-order valence-electron chi connectivity index (χ4n) is 2.80. The summed E-state index contributed by atoms with van der Waals surface area (Å²) in [4.78, 5) is 15.3. The number of nitrogens with zero attached hydrogens (tertiary/aromatic N) is 1. The van der Waals surface area contributed by atoms with Crippen molar-refractivity contribution in [2.75, 3.05) is 14.2 Å². The monoisotopic (exact) mass is 379 g/mol. The summed E-state index contributed by atoms with van der Waals surface area (Å²) in [5, 5.41) is 0. The molecule has 0 aromatic heterocycles. The molecule has 0 atom stereocenters. The zero-order valence-corrected chi connectivity index (χ0v) is 17.1. The van der Waals surface area contributed by atoms with Gasteiger partial charge in [0, 0.05) is 5.54 Å². The number of unbranched alkanes of at least 4 members (excludes halogenated alkanes) is 1. The molecule has 1 amide bonds. The lowest BCUT2D eigenvalue weighted by Crippen LogP contribution is -2.46. The molecule has 1 fully saturated rings. The van der Waals surface area contributed by atoms with Crippen molar-refractivity contribution in [3.05, 3.63) is 28.7 Å². The number of carbonyl (C=O) groups excluding carboxylic acids is 1. The number of methoxy groups -OCH3 is 2. The van der Waals surface area contributed by atoms with Gasteiger partial charge in [0.15, 0.2) is 11.5 Å². The van der Waals surface area contributed by atoms with Gasteiger partial charge in [0.1, 0.15) is 4.32 Å².